The monoisotopic (exact) mass is 312 g/mol. The minimum absolute atomic E-state index is 0.513. The maximum absolute atomic E-state index is 3.52. The number of hydrogen-bond donors (Lipinski definition) is 1. The third-order valence-electron chi connectivity index (χ3n) is 6.13. The van der Waals surface area contributed by atoms with Gasteiger partial charge in [0.05, 0.1) is 0 Å². The van der Waals surface area contributed by atoms with Crippen LogP contribution in [0.25, 0.3) is 0 Å². The summed E-state index contributed by atoms with van der Waals surface area (Å²) in [4.78, 5) is 2.67. The molecular weight excluding hydrogens is 279 g/mol. The SMILES string of the molecule is BCCc1ccc(CC2CN(CC3(C)CCNC3)C2)c(C)c1C. The summed E-state index contributed by atoms with van der Waals surface area (Å²) in [5.41, 5.74) is 6.72. The topological polar surface area (TPSA) is 15.3 Å². The molecule has 0 spiro atoms. The van der Waals surface area contributed by atoms with Crippen molar-refractivity contribution in [3.63, 3.8) is 0 Å². The zero-order valence-electron chi connectivity index (χ0n) is 15.5. The average Bonchev–Trinajstić information content (AvgIpc) is 2.91. The Labute approximate surface area is 143 Å². The molecule has 1 aromatic rings. The first kappa shape index (κ1) is 17.0. The van der Waals surface area contributed by atoms with Crippen LogP contribution in [-0.4, -0.2) is 45.5 Å². The van der Waals surface area contributed by atoms with Gasteiger partial charge >= 0.3 is 0 Å². The van der Waals surface area contributed by atoms with E-state index in [9.17, 15) is 0 Å². The molecule has 1 atom stereocenters. The van der Waals surface area contributed by atoms with Gasteiger partial charge in [0, 0.05) is 26.2 Å². The van der Waals surface area contributed by atoms with Crippen LogP contribution < -0.4 is 5.32 Å². The van der Waals surface area contributed by atoms with Crippen LogP contribution in [0.1, 0.15) is 35.6 Å². The van der Waals surface area contributed by atoms with Gasteiger partial charge in [-0.3, -0.25) is 0 Å². The summed E-state index contributed by atoms with van der Waals surface area (Å²) >= 11 is 0. The van der Waals surface area contributed by atoms with Crippen molar-refractivity contribution in [1.82, 2.24) is 10.2 Å². The van der Waals surface area contributed by atoms with Crippen LogP contribution in [0, 0.1) is 25.2 Å². The first-order chi connectivity index (χ1) is 11.0. The van der Waals surface area contributed by atoms with Crippen molar-refractivity contribution in [3.8, 4) is 0 Å². The smallest absolute Gasteiger partial charge is 0.101 e. The Kier molecular flexibility index (Phi) is 5.18. The first-order valence-electron chi connectivity index (χ1n) is 9.52. The Balaban J connectivity index is 1.53. The summed E-state index contributed by atoms with van der Waals surface area (Å²) in [7, 11) is 2.27. The predicted octanol–water partition coefficient (Wildman–Crippen LogP) is 2.37. The highest BCUT2D eigenvalue weighted by Crippen LogP contribution is 2.31. The van der Waals surface area contributed by atoms with Crippen LogP contribution in [0.3, 0.4) is 0 Å². The fraction of sp³-hybridized carbons (Fsp3) is 0.700. The molecule has 2 heterocycles. The van der Waals surface area contributed by atoms with Crippen LogP contribution in [0.5, 0.6) is 0 Å². The number of likely N-dealkylation sites (tertiary alicyclic amines) is 1. The van der Waals surface area contributed by atoms with Gasteiger partial charge in [-0.15, -0.1) is 0 Å². The van der Waals surface area contributed by atoms with Gasteiger partial charge in [0.2, 0.25) is 0 Å². The van der Waals surface area contributed by atoms with Gasteiger partial charge < -0.3 is 10.2 Å². The summed E-state index contributed by atoms with van der Waals surface area (Å²) in [5, 5.41) is 3.52. The molecule has 0 bridgehead atoms. The van der Waals surface area contributed by atoms with E-state index in [4.69, 9.17) is 0 Å². The summed E-state index contributed by atoms with van der Waals surface area (Å²) < 4.78 is 0. The van der Waals surface area contributed by atoms with Gasteiger partial charge in [-0.25, -0.2) is 0 Å². The Hall–Kier alpha value is -0.795. The zero-order valence-corrected chi connectivity index (χ0v) is 15.5. The zero-order chi connectivity index (χ0) is 16.4. The Morgan fingerprint density at radius 2 is 1.91 bits per heavy atom. The van der Waals surface area contributed by atoms with Crippen LogP contribution in [-0.2, 0) is 12.8 Å². The van der Waals surface area contributed by atoms with E-state index < -0.39 is 0 Å². The molecule has 0 saturated carbocycles. The highest BCUT2D eigenvalue weighted by atomic mass is 15.2. The van der Waals surface area contributed by atoms with E-state index in [1.165, 1.54) is 63.9 Å². The Bertz CT molecular complexity index is 543. The van der Waals surface area contributed by atoms with Crippen molar-refractivity contribution in [3.05, 3.63) is 34.4 Å². The second-order valence-electron chi connectivity index (χ2n) is 8.39. The molecule has 1 aromatic carbocycles. The predicted molar refractivity (Wildman–Crippen MR) is 102 cm³/mol. The van der Waals surface area contributed by atoms with Crippen LogP contribution in [0.15, 0.2) is 12.1 Å². The highest BCUT2D eigenvalue weighted by Gasteiger charge is 2.35. The third kappa shape index (κ3) is 3.83. The van der Waals surface area contributed by atoms with E-state index in [0.29, 0.717) is 5.41 Å². The largest absolute Gasteiger partial charge is 0.316 e. The number of nitrogens with zero attached hydrogens (tertiary/aromatic N) is 1. The molecule has 23 heavy (non-hydrogen) atoms. The summed E-state index contributed by atoms with van der Waals surface area (Å²) in [6, 6.07) is 4.78. The molecule has 0 aromatic heterocycles. The molecule has 0 aliphatic carbocycles. The molecule has 3 heteroatoms. The van der Waals surface area contributed by atoms with E-state index in [-0.39, 0.29) is 0 Å². The van der Waals surface area contributed by atoms with Crippen molar-refractivity contribution < 1.29 is 0 Å². The van der Waals surface area contributed by atoms with Gasteiger partial charge in [-0.2, -0.15) is 0 Å². The molecule has 1 unspecified atom stereocenters. The number of aryl methyl sites for hydroxylation is 1. The van der Waals surface area contributed by atoms with Crippen molar-refractivity contribution in [2.75, 3.05) is 32.7 Å². The summed E-state index contributed by atoms with van der Waals surface area (Å²) in [5.74, 6) is 0.864. The van der Waals surface area contributed by atoms with Crippen molar-refractivity contribution >= 4 is 7.85 Å². The van der Waals surface area contributed by atoms with E-state index in [2.05, 4.69) is 51.0 Å². The van der Waals surface area contributed by atoms with Gasteiger partial charge in [0.1, 0.15) is 7.85 Å². The second-order valence-corrected chi connectivity index (χ2v) is 8.39. The molecule has 3 rings (SSSR count). The lowest BCUT2D eigenvalue weighted by Gasteiger charge is -2.43. The maximum atomic E-state index is 3.52. The molecule has 2 saturated heterocycles. The fourth-order valence-corrected chi connectivity index (χ4v) is 4.48. The van der Waals surface area contributed by atoms with Gasteiger partial charge in [0.25, 0.3) is 0 Å². The minimum Gasteiger partial charge on any atom is -0.316 e. The standard InChI is InChI=1S/C20H33BN2/c1-15-16(2)19(5-4-18(15)6-8-21)10-17-11-23(12-17)14-20(3)7-9-22-13-20/h4-5,17,22H,6-14,21H2,1-3H3. The van der Waals surface area contributed by atoms with Crippen LogP contribution >= 0.6 is 0 Å². The molecule has 1 N–H and O–H groups in total. The first-order valence-corrected chi connectivity index (χ1v) is 9.52. The molecule has 126 valence electrons. The van der Waals surface area contributed by atoms with E-state index in [0.717, 1.165) is 5.92 Å². The quantitative estimate of drug-likeness (QED) is 0.811. The van der Waals surface area contributed by atoms with Gasteiger partial charge in [-0.05, 0) is 73.2 Å². The lowest BCUT2D eigenvalue weighted by atomic mass is 9.83. The molecular formula is C20H33BN2. The van der Waals surface area contributed by atoms with Crippen molar-refractivity contribution in [2.45, 2.75) is 46.4 Å². The van der Waals surface area contributed by atoms with Crippen LogP contribution in [0.4, 0.5) is 0 Å². The lowest BCUT2D eigenvalue weighted by Crippen LogP contribution is -2.51. The maximum Gasteiger partial charge on any atom is 0.101 e. The lowest BCUT2D eigenvalue weighted by molar-refractivity contribution is 0.0588. The normalized spacial score (nSPS) is 25.7. The minimum atomic E-state index is 0.513. The summed E-state index contributed by atoms with van der Waals surface area (Å²) in [6.07, 6.45) is 5.07. The molecule has 2 fully saturated rings. The number of hydrogen-bond acceptors (Lipinski definition) is 2. The van der Waals surface area contributed by atoms with E-state index >= 15 is 0 Å². The Morgan fingerprint density at radius 3 is 2.57 bits per heavy atom. The fourth-order valence-electron chi connectivity index (χ4n) is 4.48. The van der Waals surface area contributed by atoms with Gasteiger partial charge in [-0.1, -0.05) is 25.4 Å². The molecule has 2 nitrogen and oxygen atoms in total. The number of rotatable bonds is 6. The third-order valence-corrected chi connectivity index (χ3v) is 6.13. The van der Waals surface area contributed by atoms with Gasteiger partial charge in [0.15, 0.2) is 0 Å². The van der Waals surface area contributed by atoms with E-state index in [1.807, 2.05) is 0 Å². The molecule has 2 aliphatic heterocycles. The van der Waals surface area contributed by atoms with Crippen molar-refractivity contribution in [1.29, 1.82) is 0 Å². The van der Waals surface area contributed by atoms with Crippen LogP contribution in [0.2, 0.25) is 6.32 Å². The molecule has 2 aliphatic rings. The second kappa shape index (κ2) is 6.98. The highest BCUT2D eigenvalue weighted by molar-refractivity contribution is 6.08. The number of benzene rings is 1. The van der Waals surface area contributed by atoms with Crippen molar-refractivity contribution in [2.24, 2.45) is 11.3 Å². The Morgan fingerprint density at radius 1 is 1.22 bits per heavy atom. The molecule has 0 amide bonds. The number of nitrogens with one attached hydrogen (secondary N) is 1. The average molecular weight is 312 g/mol. The molecule has 0 radical (unpaired) electrons. The summed E-state index contributed by atoms with van der Waals surface area (Å²) in [6.45, 7) is 13.4. The van der Waals surface area contributed by atoms with E-state index in [1.54, 1.807) is 16.7 Å².